The van der Waals surface area contributed by atoms with Gasteiger partial charge in [-0.15, -0.1) is 0 Å². The minimum atomic E-state index is -0.0611. The fraction of sp³-hybridized carbons (Fsp3) is 0.824. The van der Waals surface area contributed by atoms with Gasteiger partial charge in [0, 0.05) is 31.3 Å². The van der Waals surface area contributed by atoms with Crippen LogP contribution >= 0.6 is 0 Å². The van der Waals surface area contributed by atoms with Crippen LogP contribution in [0.3, 0.4) is 0 Å². The van der Waals surface area contributed by atoms with Gasteiger partial charge < -0.3 is 10.1 Å². The highest BCUT2D eigenvalue weighted by atomic mass is 16.5. The van der Waals surface area contributed by atoms with E-state index in [0.29, 0.717) is 12.1 Å². The van der Waals surface area contributed by atoms with Crippen molar-refractivity contribution in [2.45, 2.75) is 77.5 Å². The van der Waals surface area contributed by atoms with Crippen molar-refractivity contribution in [2.24, 2.45) is 0 Å². The van der Waals surface area contributed by atoms with Crippen molar-refractivity contribution in [3.63, 3.8) is 0 Å². The summed E-state index contributed by atoms with van der Waals surface area (Å²) in [5.41, 5.74) is 1.10. The van der Waals surface area contributed by atoms with Gasteiger partial charge in [-0.05, 0) is 52.1 Å². The second kappa shape index (κ2) is 7.41. The summed E-state index contributed by atoms with van der Waals surface area (Å²) >= 11 is 0. The van der Waals surface area contributed by atoms with E-state index >= 15 is 0 Å². The Morgan fingerprint density at radius 3 is 2.86 bits per heavy atom. The fourth-order valence-electron chi connectivity index (χ4n) is 3.11. The lowest BCUT2D eigenvalue weighted by atomic mass is 9.85. The molecule has 120 valence electrons. The summed E-state index contributed by atoms with van der Waals surface area (Å²) in [7, 11) is 0. The van der Waals surface area contributed by atoms with Crippen LogP contribution in [0, 0.1) is 0 Å². The van der Waals surface area contributed by atoms with Crippen molar-refractivity contribution in [1.29, 1.82) is 0 Å². The number of rotatable bonds is 7. The summed E-state index contributed by atoms with van der Waals surface area (Å²) in [6, 6.07) is 2.96. The van der Waals surface area contributed by atoms with Crippen molar-refractivity contribution in [1.82, 2.24) is 15.1 Å². The molecule has 21 heavy (non-hydrogen) atoms. The lowest BCUT2D eigenvalue weighted by Crippen LogP contribution is -2.53. The fourth-order valence-corrected chi connectivity index (χ4v) is 3.11. The van der Waals surface area contributed by atoms with Gasteiger partial charge in [0.15, 0.2) is 0 Å². The summed E-state index contributed by atoms with van der Waals surface area (Å²) in [6.07, 6.45) is 7.75. The molecule has 0 bridgehead atoms. The molecule has 0 aromatic carbocycles. The molecule has 1 fully saturated rings. The Labute approximate surface area is 129 Å². The molecule has 1 saturated heterocycles. The molecule has 3 unspecified atom stereocenters. The summed E-state index contributed by atoms with van der Waals surface area (Å²) in [6.45, 7) is 10.7. The van der Waals surface area contributed by atoms with E-state index < -0.39 is 0 Å². The van der Waals surface area contributed by atoms with Crippen LogP contribution in [-0.4, -0.2) is 34.6 Å². The van der Waals surface area contributed by atoms with Crippen LogP contribution in [0.25, 0.3) is 0 Å². The summed E-state index contributed by atoms with van der Waals surface area (Å²) < 4.78 is 8.22. The molecule has 0 radical (unpaired) electrons. The number of hydrogen-bond donors (Lipinski definition) is 1. The maximum atomic E-state index is 6.13. The van der Waals surface area contributed by atoms with Crippen LogP contribution in [0.1, 0.15) is 65.1 Å². The summed E-state index contributed by atoms with van der Waals surface area (Å²) in [4.78, 5) is 0. The molecule has 1 N–H and O–H groups in total. The molecule has 4 heteroatoms. The van der Waals surface area contributed by atoms with Crippen molar-refractivity contribution in [2.75, 3.05) is 13.2 Å². The van der Waals surface area contributed by atoms with Crippen LogP contribution in [0.2, 0.25) is 0 Å². The monoisotopic (exact) mass is 293 g/mol. The quantitative estimate of drug-likeness (QED) is 0.838. The van der Waals surface area contributed by atoms with Crippen LogP contribution in [0.4, 0.5) is 0 Å². The smallest absolute Gasteiger partial charge is 0.0810 e. The van der Waals surface area contributed by atoms with Gasteiger partial charge >= 0.3 is 0 Å². The van der Waals surface area contributed by atoms with Crippen LogP contribution in [0.5, 0.6) is 0 Å². The molecule has 0 aliphatic carbocycles. The maximum absolute atomic E-state index is 6.13. The number of nitrogens with zero attached hydrogens (tertiary/aromatic N) is 2. The van der Waals surface area contributed by atoms with Gasteiger partial charge in [-0.25, -0.2) is 0 Å². The zero-order valence-corrected chi connectivity index (χ0v) is 14.1. The Bertz CT molecular complexity index is 423. The Kier molecular flexibility index (Phi) is 5.82. The van der Waals surface area contributed by atoms with Crippen molar-refractivity contribution >= 4 is 0 Å². The molecule has 0 spiro atoms. The number of hydrogen-bond acceptors (Lipinski definition) is 3. The Morgan fingerprint density at radius 2 is 2.24 bits per heavy atom. The molecule has 2 rings (SSSR count). The van der Waals surface area contributed by atoms with E-state index in [1.807, 2.05) is 0 Å². The average molecular weight is 293 g/mol. The molecule has 1 aromatic rings. The van der Waals surface area contributed by atoms with E-state index in [2.05, 4.69) is 50.0 Å². The summed E-state index contributed by atoms with van der Waals surface area (Å²) in [5.74, 6) is 0. The first kappa shape index (κ1) is 16.5. The Hall–Kier alpha value is -0.870. The molecular weight excluding hydrogens is 262 g/mol. The predicted octanol–water partition coefficient (Wildman–Crippen LogP) is 3.33. The van der Waals surface area contributed by atoms with Gasteiger partial charge in [-0.1, -0.05) is 13.8 Å². The van der Waals surface area contributed by atoms with E-state index in [1.54, 1.807) is 0 Å². The third kappa shape index (κ3) is 4.07. The standard InChI is InChI=1S/C17H31N3O/c1-5-14(3)20-11-9-15(19-20)13-16(18-6-2)17(4)10-7-8-12-21-17/h9,11,14,16,18H,5-8,10,12-13H2,1-4H3. The van der Waals surface area contributed by atoms with Gasteiger partial charge in [0.05, 0.1) is 11.3 Å². The third-order valence-electron chi connectivity index (χ3n) is 4.81. The number of likely N-dealkylation sites (N-methyl/N-ethyl adjacent to an activating group) is 1. The minimum Gasteiger partial charge on any atom is -0.374 e. The van der Waals surface area contributed by atoms with Crippen molar-refractivity contribution < 1.29 is 4.74 Å². The molecule has 1 aromatic heterocycles. The van der Waals surface area contributed by atoms with Crippen LogP contribution in [-0.2, 0) is 11.2 Å². The zero-order chi connectivity index (χ0) is 15.3. The molecule has 1 aliphatic rings. The minimum absolute atomic E-state index is 0.0611. The normalized spacial score (nSPS) is 25.7. The van der Waals surface area contributed by atoms with Gasteiger partial charge in [0.1, 0.15) is 0 Å². The number of nitrogens with one attached hydrogen (secondary N) is 1. The third-order valence-corrected chi connectivity index (χ3v) is 4.81. The average Bonchev–Trinajstić information content (AvgIpc) is 2.95. The van der Waals surface area contributed by atoms with Crippen LogP contribution in [0.15, 0.2) is 12.3 Å². The molecule has 4 nitrogen and oxygen atoms in total. The van der Waals surface area contributed by atoms with Gasteiger partial charge in [-0.2, -0.15) is 5.10 Å². The molecule has 2 heterocycles. The van der Waals surface area contributed by atoms with Crippen LogP contribution < -0.4 is 5.32 Å². The SMILES string of the molecule is CCNC(Cc1ccn(C(C)CC)n1)C1(C)CCCCO1. The van der Waals surface area contributed by atoms with E-state index in [9.17, 15) is 0 Å². The Balaban J connectivity index is 2.06. The first-order valence-corrected chi connectivity index (χ1v) is 8.50. The highest BCUT2D eigenvalue weighted by Crippen LogP contribution is 2.29. The molecular formula is C17H31N3O. The summed E-state index contributed by atoms with van der Waals surface area (Å²) in [5, 5.41) is 8.37. The molecule has 1 aliphatic heterocycles. The molecule has 3 atom stereocenters. The molecule has 0 amide bonds. The van der Waals surface area contributed by atoms with Gasteiger partial charge in [-0.3, -0.25) is 4.68 Å². The number of ether oxygens (including phenoxy) is 1. The zero-order valence-electron chi connectivity index (χ0n) is 14.1. The predicted molar refractivity (Wildman–Crippen MR) is 86.6 cm³/mol. The second-order valence-corrected chi connectivity index (χ2v) is 6.48. The van der Waals surface area contributed by atoms with E-state index in [4.69, 9.17) is 9.84 Å². The van der Waals surface area contributed by atoms with Gasteiger partial charge in [0.25, 0.3) is 0 Å². The molecule has 0 saturated carbocycles. The highest BCUT2D eigenvalue weighted by molar-refractivity contribution is 5.06. The maximum Gasteiger partial charge on any atom is 0.0810 e. The Morgan fingerprint density at radius 1 is 1.43 bits per heavy atom. The lowest BCUT2D eigenvalue weighted by Gasteiger charge is -2.41. The van der Waals surface area contributed by atoms with E-state index in [1.165, 1.54) is 12.8 Å². The first-order chi connectivity index (χ1) is 10.1. The number of aromatic nitrogens is 2. The lowest BCUT2D eigenvalue weighted by molar-refractivity contribution is -0.0883. The topological polar surface area (TPSA) is 39.1 Å². The van der Waals surface area contributed by atoms with Gasteiger partial charge in [0.2, 0.25) is 0 Å². The van der Waals surface area contributed by atoms with Crippen molar-refractivity contribution in [3.8, 4) is 0 Å². The van der Waals surface area contributed by atoms with Crippen molar-refractivity contribution in [3.05, 3.63) is 18.0 Å². The van der Waals surface area contributed by atoms with E-state index in [0.717, 1.165) is 38.1 Å². The first-order valence-electron chi connectivity index (χ1n) is 8.50. The highest BCUT2D eigenvalue weighted by Gasteiger charge is 2.36. The van der Waals surface area contributed by atoms with E-state index in [-0.39, 0.29) is 5.60 Å². The largest absolute Gasteiger partial charge is 0.374 e. The second-order valence-electron chi connectivity index (χ2n) is 6.48.